The Labute approximate surface area is 216 Å². The number of methoxy groups -OCH3 is 1. The average molecular weight is 524 g/mol. The Kier molecular flexibility index (Phi) is 9.72. The molecule has 2 heterocycles. The smallest absolute Gasteiger partial charge is 0.375 e. The molecule has 8 nitrogen and oxygen atoms in total. The van der Waals surface area contributed by atoms with Crippen LogP contribution < -0.4 is 4.90 Å². The van der Waals surface area contributed by atoms with Crippen LogP contribution in [-0.4, -0.2) is 77.3 Å². The van der Waals surface area contributed by atoms with Gasteiger partial charge in [-0.15, -0.1) is 0 Å². The van der Waals surface area contributed by atoms with Gasteiger partial charge in [-0.2, -0.15) is 18.3 Å². The molecule has 0 atom stereocenters. The third-order valence-corrected chi connectivity index (χ3v) is 6.59. The standard InChI is InChI=1S/C26H36F3N5O3/c1-19(2)31-11-7-12-33(25(36)18-37-4)22-9-6-5-8-21(22)17-32(15-14-31)24(35)10-13-34-20(3)16-23(30-34)26(27,28)29/h5-6,8-9,16,19H,7,10-15,17-18H2,1-4H3. The van der Waals surface area contributed by atoms with E-state index in [1.54, 1.807) is 16.7 Å². The normalized spacial score (nSPS) is 16.0. The van der Waals surface area contributed by atoms with E-state index in [0.29, 0.717) is 25.3 Å². The van der Waals surface area contributed by atoms with Gasteiger partial charge in [-0.1, -0.05) is 18.2 Å². The van der Waals surface area contributed by atoms with Crippen molar-refractivity contribution in [1.82, 2.24) is 19.6 Å². The first-order valence-electron chi connectivity index (χ1n) is 12.5. The fourth-order valence-electron chi connectivity index (χ4n) is 4.53. The van der Waals surface area contributed by atoms with Crippen LogP contribution in [0.3, 0.4) is 0 Å². The van der Waals surface area contributed by atoms with Crippen molar-refractivity contribution in [2.24, 2.45) is 0 Å². The van der Waals surface area contributed by atoms with E-state index in [2.05, 4.69) is 23.8 Å². The van der Waals surface area contributed by atoms with Crippen LogP contribution in [0.4, 0.5) is 18.9 Å². The summed E-state index contributed by atoms with van der Waals surface area (Å²) in [5, 5.41) is 3.65. The average Bonchev–Trinajstić information content (AvgIpc) is 3.20. The van der Waals surface area contributed by atoms with E-state index < -0.39 is 11.9 Å². The number of hydrogen-bond donors (Lipinski definition) is 0. The van der Waals surface area contributed by atoms with Crippen molar-refractivity contribution in [2.45, 2.75) is 58.9 Å². The summed E-state index contributed by atoms with van der Waals surface area (Å²) < 4.78 is 45.5. The van der Waals surface area contributed by atoms with Crippen molar-refractivity contribution in [3.8, 4) is 0 Å². The minimum atomic E-state index is -4.53. The van der Waals surface area contributed by atoms with Crippen LogP contribution in [0.1, 0.15) is 43.6 Å². The van der Waals surface area contributed by atoms with Crippen LogP contribution in [0.5, 0.6) is 0 Å². The Morgan fingerprint density at radius 2 is 1.81 bits per heavy atom. The fraction of sp³-hybridized carbons (Fsp3) is 0.577. The number of carbonyl (C=O) groups excluding carboxylic acids is 2. The highest BCUT2D eigenvalue weighted by molar-refractivity contribution is 5.95. The number of carbonyl (C=O) groups is 2. The molecule has 1 aromatic carbocycles. The van der Waals surface area contributed by atoms with Gasteiger partial charge in [0.05, 0.1) is 0 Å². The van der Waals surface area contributed by atoms with E-state index in [-0.39, 0.29) is 44.0 Å². The van der Waals surface area contributed by atoms with E-state index in [0.717, 1.165) is 30.3 Å². The summed E-state index contributed by atoms with van der Waals surface area (Å²) in [4.78, 5) is 32.0. The van der Waals surface area contributed by atoms with E-state index in [1.807, 2.05) is 24.3 Å². The van der Waals surface area contributed by atoms with Crippen molar-refractivity contribution < 1.29 is 27.5 Å². The molecular weight excluding hydrogens is 487 g/mol. The second kappa shape index (κ2) is 12.6. The van der Waals surface area contributed by atoms with Gasteiger partial charge in [-0.05, 0) is 44.9 Å². The minimum Gasteiger partial charge on any atom is -0.375 e. The van der Waals surface area contributed by atoms with Crippen LogP contribution in [-0.2, 0) is 33.6 Å². The van der Waals surface area contributed by atoms with Gasteiger partial charge in [-0.25, -0.2) is 0 Å². The molecule has 2 amide bonds. The molecule has 0 saturated carbocycles. The van der Waals surface area contributed by atoms with Crippen LogP contribution in [0, 0.1) is 6.92 Å². The number of amides is 2. The Balaban J connectivity index is 1.86. The monoisotopic (exact) mass is 523 g/mol. The summed E-state index contributed by atoms with van der Waals surface area (Å²) >= 11 is 0. The van der Waals surface area contributed by atoms with Crippen LogP contribution >= 0.6 is 0 Å². The number of alkyl halides is 3. The molecule has 0 spiro atoms. The molecular formula is C26H36F3N5O3. The summed E-state index contributed by atoms with van der Waals surface area (Å²) in [6.07, 6.45) is -3.76. The molecule has 2 aromatic rings. The maximum Gasteiger partial charge on any atom is 0.435 e. The van der Waals surface area contributed by atoms with Crippen molar-refractivity contribution in [3.05, 3.63) is 47.3 Å². The molecule has 0 unspecified atom stereocenters. The molecule has 1 aliphatic heterocycles. The molecule has 0 N–H and O–H groups in total. The van der Waals surface area contributed by atoms with Crippen LogP contribution in [0.2, 0.25) is 0 Å². The van der Waals surface area contributed by atoms with Gasteiger partial charge in [0.15, 0.2) is 5.69 Å². The lowest BCUT2D eigenvalue weighted by atomic mass is 10.1. The number of para-hydroxylation sites is 1. The number of benzene rings is 1. The van der Waals surface area contributed by atoms with Gasteiger partial charge in [0.1, 0.15) is 6.61 Å². The Hall–Kier alpha value is -2.92. The Morgan fingerprint density at radius 3 is 2.46 bits per heavy atom. The highest BCUT2D eigenvalue weighted by Gasteiger charge is 2.34. The molecule has 1 aromatic heterocycles. The van der Waals surface area contributed by atoms with E-state index in [1.165, 1.54) is 11.8 Å². The third-order valence-electron chi connectivity index (χ3n) is 6.59. The molecule has 0 bridgehead atoms. The lowest BCUT2D eigenvalue weighted by Crippen LogP contribution is -2.41. The maximum absolute atomic E-state index is 13.4. The summed E-state index contributed by atoms with van der Waals surface area (Å²) in [6, 6.07) is 8.72. The predicted molar refractivity (Wildman–Crippen MR) is 134 cm³/mol. The molecule has 11 heteroatoms. The number of rotatable bonds is 6. The lowest BCUT2D eigenvalue weighted by Gasteiger charge is -2.30. The zero-order valence-corrected chi connectivity index (χ0v) is 21.9. The lowest BCUT2D eigenvalue weighted by molar-refractivity contribution is -0.141. The van der Waals surface area contributed by atoms with E-state index in [9.17, 15) is 22.8 Å². The number of fused-ring (bicyclic) bond motifs is 1. The Bertz CT molecular complexity index is 1070. The van der Waals surface area contributed by atoms with Gasteiger partial charge in [0, 0.05) is 70.2 Å². The molecule has 37 heavy (non-hydrogen) atoms. The quantitative estimate of drug-likeness (QED) is 0.577. The van der Waals surface area contributed by atoms with Gasteiger partial charge in [0.25, 0.3) is 5.91 Å². The second-order valence-electron chi connectivity index (χ2n) is 9.55. The van der Waals surface area contributed by atoms with Crippen molar-refractivity contribution in [2.75, 3.05) is 44.8 Å². The van der Waals surface area contributed by atoms with Gasteiger partial charge in [0.2, 0.25) is 5.91 Å². The van der Waals surface area contributed by atoms with Crippen molar-refractivity contribution in [1.29, 1.82) is 0 Å². The number of ether oxygens (including phenoxy) is 1. The molecule has 0 aliphatic carbocycles. The van der Waals surface area contributed by atoms with E-state index in [4.69, 9.17) is 4.74 Å². The largest absolute Gasteiger partial charge is 0.435 e. The number of hydrogen-bond acceptors (Lipinski definition) is 5. The van der Waals surface area contributed by atoms with Crippen LogP contribution in [0.15, 0.2) is 30.3 Å². The Morgan fingerprint density at radius 1 is 1.08 bits per heavy atom. The topological polar surface area (TPSA) is 70.9 Å². The summed E-state index contributed by atoms with van der Waals surface area (Å²) in [5.41, 5.74) is 0.947. The summed E-state index contributed by atoms with van der Waals surface area (Å²) in [6.45, 7) is 8.40. The third kappa shape index (κ3) is 7.54. The zero-order chi connectivity index (χ0) is 27.2. The number of aromatic nitrogens is 2. The first-order valence-corrected chi connectivity index (χ1v) is 12.5. The molecule has 204 valence electrons. The number of halogens is 3. The number of nitrogens with zero attached hydrogens (tertiary/aromatic N) is 5. The first-order chi connectivity index (χ1) is 17.5. The number of aryl methyl sites for hydroxylation is 2. The molecule has 3 rings (SSSR count). The summed E-state index contributed by atoms with van der Waals surface area (Å²) in [7, 11) is 1.48. The SMILES string of the molecule is COCC(=O)N1CCCN(C(C)C)CCN(C(=O)CCn2nc(C(F)(F)F)cc2C)Cc2ccccc21. The fourth-order valence-corrected chi connectivity index (χ4v) is 4.53. The van der Waals surface area contributed by atoms with Gasteiger partial charge >= 0.3 is 6.18 Å². The molecule has 0 radical (unpaired) electrons. The minimum absolute atomic E-state index is 0.00990. The van der Waals surface area contributed by atoms with Gasteiger partial charge in [-0.3, -0.25) is 19.2 Å². The molecule has 0 fully saturated rings. The number of anilines is 1. The molecule has 1 aliphatic rings. The van der Waals surface area contributed by atoms with Crippen molar-refractivity contribution >= 4 is 17.5 Å². The maximum atomic E-state index is 13.4. The van der Waals surface area contributed by atoms with Crippen molar-refractivity contribution in [3.63, 3.8) is 0 Å². The first kappa shape index (κ1) is 28.6. The predicted octanol–water partition coefficient (Wildman–Crippen LogP) is 3.72. The van der Waals surface area contributed by atoms with Gasteiger partial charge < -0.3 is 14.5 Å². The molecule has 0 saturated heterocycles. The highest BCUT2D eigenvalue weighted by Crippen LogP contribution is 2.28. The zero-order valence-electron chi connectivity index (χ0n) is 21.9. The van der Waals surface area contributed by atoms with Crippen LogP contribution in [0.25, 0.3) is 0 Å². The highest BCUT2D eigenvalue weighted by atomic mass is 19.4. The van der Waals surface area contributed by atoms with E-state index >= 15 is 0 Å². The second-order valence-corrected chi connectivity index (χ2v) is 9.55. The summed E-state index contributed by atoms with van der Waals surface area (Å²) in [5.74, 6) is -0.339.